The molecular weight excluding hydrogens is 266 g/mol. The van der Waals surface area contributed by atoms with E-state index in [-0.39, 0.29) is 5.54 Å². The zero-order chi connectivity index (χ0) is 13.8. The second-order valence-electron chi connectivity index (χ2n) is 6.35. The first kappa shape index (κ1) is 14.6. The highest BCUT2D eigenvalue weighted by molar-refractivity contribution is 7.10. The van der Waals surface area contributed by atoms with Gasteiger partial charge >= 0.3 is 0 Å². The molecule has 3 heteroatoms. The normalized spacial score (nSPS) is 32.4. The first-order valence-electron chi connectivity index (χ1n) is 8.16. The highest BCUT2D eigenvalue weighted by atomic mass is 32.1. The third kappa shape index (κ3) is 2.56. The molecule has 1 aromatic rings. The molecule has 1 saturated heterocycles. The highest BCUT2D eigenvalue weighted by Crippen LogP contribution is 2.48. The van der Waals surface area contributed by atoms with Crippen molar-refractivity contribution in [3.63, 3.8) is 0 Å². The number of hydrogen-bond acceptors (Lipinski definition) is 3. The molecule has 0 bridgehead atoms. The Morgan fingerprint density at radius 1 is 1.25 bits per heavy atom. The molecule has 3 rings (SSSR count). The smallest absolute Gasteiger partial charge is 0.0604 e. The van der Waals surface area contributed by atoms with Crippen molar-refractivity contribution in [2.45, 2.75) is 50.5 Å². The van der Waals surface area contributed by atoms with Crippen LogP contribution in [0.5, 0.6) is 0 Å². The summed E-state index contributed by atoms with van der Waals surface area (Å²) in [4.78, 5) is 4.40. The Morgan fingerprint density at radius 3 is 2.80 bits per heavy atom. The van der Waals surface area contributed by atoms with E-state index in [1.165, 1.54) is 58.0 Å². The van der Waals surface area contributed by atoms with Crippen LogP contribution in [0.3, 0.4) is 0 Å². The Labute approximate surface area is 127 Å². The third-order valence-electron chi connectivity index (χ3n) is 5.27. The van der Waals surface area contributed by atoms with Crippen LogP contribution in [0.15, 0.2) is 17.5 Å². The van der Waals surface area contributed by atoms with E-state index in [2.05, 4.69) is 22.4 Å². The van der Waals surface area contributed by atoms with Crippen molar-refractivity contribution in [2.75, 3.05) is 26.8 Å². The van der Waals surface area contributed by atoms with E-state index in [4.69, 9.17) is 4.74 Å². The van der Waals surface area contributed by atoms with E-state index in [0.29, 0.717) is 5.92 Å². The van der Waals surface area contributed by atoms with Gasteiger partial charge in [-0.15, -0.1) is 11.3 Å². The van der Waals surface area contributed by atoms with E-state index >= 15 is 0 Å². The second kappa shape index (κ2) is 6.59. The highest BCUT2D eigenvalue weighted by Gasteiger charge is 2.47. The Hall–Kier alpha value is -0.380. The number of piperidine rings is 1. The molecule has 0 aromatic carbocycles. The summed E-state index contributed by atoms with van der Waals surface area (Å²) in [5.41, 5.74) is 0.267. The summed E-state index contributed by atoms with van der Waals surface area (Å²) in [6, 6.07) is 4.59. The summed E-state index contributed by atoms with van der Waals surface area (Å²) in [6.07, 6.45) is 9.53. The lowest BCUT2D eigenvalue weighted by Crippen LogP contribution is -2.55. The van der Waals surface area contributed by atoms with E-state index in [0.717, 1.165) is 6.61 Å². The van der Waals surface area contributed by atoms with Crippen molar-refractivity contribution in [1.29, 1.82) is 0 Å². The largest absolute Gasteiger partial charge is 0.384 e. The third-order valence-corrected chi connectivity index (χ3v) is 6.31. The predicted octanol–water partition coefficient (Wildman–Crippen LogP) is 4.27. The molecule has 2 nitrogen and oxygen atoms in total. The first-order valence-corrected chi connectivity index (χ1v) is 9.04. The standard InChI is InChI=1S/C17H27NOS/c1-19-14-15-8-3-4-10-17(15,16-9-7-13-20-16)18-11-5-2-6-12-18/h7,9,13,15H,2-6,8,10-12,14H2,1H3. The molecular formula is C17H27NOS. The maximum absolute atomic E-state index is 5.60. The Bertz CT molecular complexity index is 384. The molecule has 1 aliphatic heterocycles. The minimum absolute atomic E-state index is 0.267. The summed E-state index contributed by atoms with van der Waals surface area (Å²) in [6.45, 7) is 3.46. The van der Waals surface area contributed by atoms with Gasteiger partial charge in [-0.3, -0.25) is 4.90 Å². The van der Waals surface area contributed by atoms with Crippen LogP contribution in [0, 0.1) is 5.92 Å². The van der Waals surface area contributed by atoms with Gasteiger partial charge in [-0.1, -0.05) is 25.3 Å². The zero-order valence-electron chi connectivity index (χ0n) is 12.6. The average Bonchev–Trinajstić information content (AvgIpc) is 3.04. The minimum atomic E-state index is 0.267. The number of rotatable bonds is 4. The van der Waals surface area contributed by atoms with Gasteiger partial charge in [0.15, 0.2) is 0 Å². The van der Waals surface area contributed by atoms with Gasteiger partial charge in [0.05, 0.1) is 12.1 Å². The second-order valence-corrected chi connectivity index (χ2v) is 7.30. The fourth-order valence-electron chi connectivity index (χ4n) is 4.36. The molecule has 1 aromatic heterocycles. The van der Waals surface area contributed by atoms with Crippen molar-refractivity contribution in [3.05, 3.63) is 22.4 Å². The van der Waals surface area contributed by atoms with Gasteiger partial charge in [-0.25, -0.2) is 0 Å². The minimum Gasteiger partial charge on any atom is -0.384 e. The van der Waals surface area contributed by atoms with Gasteiger partial charge in [0.1, 0.15) is 0 Å². The monoisotopic (exact) mass is 293 g/mol. The summed E-state index contributed by atoms with van der Waals surface area (Å²) in [7, 11) is 1.87. The van der Waals surface area contributed by atoms with E-state index in [9.17, 15) is 0 Å². The fourth-order valence-corrected chi connectivity index (χ4v) is 5.43. The molecule has 0 spiro atoms. The van der Waals surface area contributed by atoms with Crippen LogP contribution in [-0.4, -0.2) is 31.7 Å². The molecule has 112 valence electrons. The topological polar surface area (TPSA) is 12.5 Å². The lowest BCUT2D eigenvalue weighted by Gasteiger charge is -2.52. The molecule has 2 heterocycles. The molecule has 2 aliphatic rings. The van der Waals surface area contributed by atoms with Crippen molar-refractivity contribution in [3.8, 4) is 0 Å². The number of thiophene rings is 1. The van der Waals surface area contributed by atoms with Crippen LogP contribution in [0.25, 0.3) is 0 Å². The fraction of sp³-hybridized carbons (Fsp3) is 0.765. The molecule has 20 heavy (non-hydrogen) atoms. The number of nitrogens with zero attached hydrogens (tertiary/aromatic N) is 1. The van der Waals surface area contributed by atoms with E-state index < -0.39 is 0 Å². The molecule has 2 atom stereocenters. The van der Waals surface area contributed by atoms with Crippen molar-refractivity contribution >= 4 is 11.3 Å². The summed E-state index contributed by atoms with van der Waals surface area (Å²) < 4.78 is 5.60. The van der Waals surface area contributed by atoms with Crippen LogP contribution in [0.1, 0.15) is 49.8 Å². The lowest BCUT2D eigenvalue weighted by atomic mass is 9.70. The summed E-state index contributed by atoms with van der Waals surface area (Å²) in [5.74, 6) is 0.665. The molecule has 1 aliphatic carbocycles. The molecule has 0 amide bonds. The summed E-state index contributed by atoms with van der Waals surface area (Å²) in [5, 5.41) is 2.25. The maximum atomic E-state index is 5.60. The van der Waals surface area contributed by atoms with Crippen molar-refractivity contribution in [1.82, 2.24) is 4.90 Å². The van der Waals surface area contributed by atoms with Crippen LogP contribution in [0.2, 0.25) is 0 Å². The summed E-state index contributed by atoms with van der Waals surface area (Å²) >= 11 is 1.95. The van der Waals surface area contributed by atoms with Crippen LogP contribution >= 0.6 is 11.3 Å². The zero-order valence-corrected chi connectivity index (χ0v) is 13.5. The number of ether oxygens (including phenoxy) is 1. The Kier molecular flexibility index (Phi) is 4.79. The van der Waals surface area contributed by atoms with Gasteiger partial charge in [0.25, 0.3) is 0 Å². The van der Waals surface area contributed by atoms with Gasteiger partial charge in [0.2, 0.25) is 0 Å². The van der Waals surface area contributed by atoms with Crippen molar-refractivity contribution < 1.29 is 4.74 Å². The van der Waals surface area contributed by atoms with Gasteiger partial charge in [-0.2, -0.15) is 0 Å². The number of likely N-dealkylation sites (tertiary alicyclic amines) is 1. The average molecular weight is 293 g/mol. The Balaban J connectivity index is 1.96. The van der Waals surface area contributed by atoms with Crippen molar-refractivity contribution in [2.24, 2.45) is 5.92 Å². The molecule has 2 fully saturated rings. The maximum Gasteiger partial charge on any atom is 0.0604 e. The van der Waals surface area contributed by atoms with Crippen LogP contribution in [-0.2, 0) is 10.3 Å². The molecule has 1 saturated carbocycles. The van der Waals surface area contributed by atoms with Crippen LogP contribution < -0.4 is 0 Å². The SMILES string of the molecule is COCC1CCCCC1(c1cccs1)N1CCCCC1. The van der Waals surface area contributed by atoms with Gasteiger partial charge in [0, 0.05) is 17.9 Å². The van der Waals surface area contributed by atoms with Crippen LogP contribution in [0.4, 0.5) is 0 Å². The van der Waals surface area contributed by atoms with Gasteiger partial charge < -0.3 is 4.74 Å². The predicted molar refractivity (Wildman–Crippen MR) is 85.3 cm³/mol. The van der Waals surface area contributed by atoms with E-state index in [1.54, 1.807) is 4.88 Å². The quantitative estimate of drug-likeness (QED) is 0.822. The molecule has 0 radical (unpaired) electrons. The Morgan fingerprint density at radius 2 is 2.10 bits per heavy atom. The van der Waals surface area contributed by atoms with Gasteiger partial charge in [-0.05, 0) is 50.2 Å². The number of methoxy groups -OCH3 is 1. The molecule has 2 unspecified atom stereocenters. The lowest BCUT2D eigenvalue weighted by molar-refractivity contribution is -0.0437. The first-order chi connectivity index (χ1) is 9.88. The number of hydrogen-bond donors (Lipinski definition) is 0. The van der Waals surface area contributed by atoms with E-state index in [1.807, 2.05) is 18.4 Å². The molecule has 0 N–H and O–H groups in total.